The first-order valence-corrected chi connectivity index (χ1v) is 10.5. The number of anilines is 1. The molecule has 1 aromatic carbocycles. The number of carbonyl (C=O) groups is 3. The van der Waals surface area contributed by atoms with Crippen molar-refractivity contribution in [3.8, 4) is 0 Å². The van der Waals surface area contributed by atoms with Crippen LogP contribution in [-0.2, 0) is 20.9 Å². The Balaban J connectivity index is 1.68. The van der Waals surface area contributed by atoms with Crippen molar-refractivity contribution in [1.82, 2.24) is 10.6 Å². The van der Waals surface area contributed by atoms with Gasteiger partial charge in [0.1, 0.15) is 5.60 Å². The molecule has 0 radical (unpaired) electrons. The van der Waals surface area contributed by atoms with E-state index in [1.807, 2.05) is 24.3 Å². The molecule has 0 unspecified atom stereocenters. The predicted octanol–water partition coefficient (Wildman–Crippen LogP) is 4.05. The van der Waals surface area contributed by atoms with Gasteiger partial charge in [0.05, 0.1) is 0 Å². The molecule has 1 aromatic rings. The summed E-state index contributed by atoms with van der Waals surface area (Å²) in [5.41, 5.74) is 2.31. The van der Waals surface area contributed by atoms with Gasteiger partial charge in [0.25, 0.3) is 0 Å². The molecule has 30 heavy (non-hydrogen) atoms. The molecule has 0 atom stereocenters. The molecule has 0 heterocycles. The first kappa shape index (κ1) is 23.4. The molecule has 0 bridgehead atoms. The van der Waals surface area contributed by atoms with Gasteiger partial charge >= 0.3 is 6.09 Å². The third kappa shape index (κ3) is 9.58. The zero-order valence-corrected chi connectivity index (χ0v) is 18.2. The second kappa shape index (κ2) is 11.4. The number of ether oxygens (including phenoxy) is 1. The van der Waals surface area contributed by atoms with E-state index in [2.05, 4.69) is 16.0 Å². The molecule has 3 N–H and O–H groups in total. The van der Waals surface area contributed by atoms with Crippen LogP contribution < -0.4 is 16.0 Å². The number of nitrogens with one attached hydrogen (secondary N) is 3. The van der Waals surface area contributed by atoms with Crippen LogP contribution in [0, 0.1) is 0 Å². The van der Waals surface area contributed by atoms with Crippen LogP contribution in [0.3, 0.4) is 0 Å². The van der Waals surface area contributed by atoms with Crippen LogP contribution in [0.15, 0.2) is 35.9 Å². The van der Waals surface area contributed by atoms with E-state index < -0.39 is 11.7 Å². The van der Waals surface area contributed by atoms with E-state index in [1.165, 1.54) is 12.0 Å². The number of hydrogen-bond acceptors (Lipinski definition) is 4. The van der Waals surface area contributed by atoms with Gasteiger partial charge in [-0.05, 0) is 64.2 Å². The molecule has 164 valence electrons. The van der Waals surface area contributed by atoms with Crippen LogP contribution in [0.5, 0.6) is 0 Å². The van der Waals surface area contributed by atoms with E-state index in [4.69, 9.17) is 4.74 Å². The molecule has 0 saturated heterocycles. The van der Waals surface area contributed by atoms with E-state index >= 15 is 0 Å². The van der Waals surface area contributed by atoms with Gasteiger partial charge in [-0.25, -0.2) is 4.79 Å². The fourth-order valence-corrected chi connectivity index (χ4v) is 3.10. The average molecular weight is 416 g/mol. The van der Waals surface area contributed by atoms with Crippen molar-refractivity contribution >= 4 is 23.6 Å². The normalized spacial score (nSPS) is 13.9. The van der Waals surface area contributed by atoms with Gasteiger partial charge in [0, 0.05) is 31.3 Å². The van der Waals surface area contributed by atoms with Crippen LogP contribution in [0.25, 0.3) is 0 Å². The molecular formula is C23H33N3O4. The third-order valence-electron chi connectivity index (χ3n) is 4.56. The van der Waals surface area contributed by atoms with E-state index in [9.17, 15) is 14.4 Å². The lowest BCUT2D eigenvalue weighted by molar-refractivity contribution is -0.121. The minimum Gasteiger partial charge on any atom is -0.444 e. The Labute approximate surface area is 178 Å². The molecule has 0 spiro atoms. The predicted molar refractivity (Wildman–Crippen MR) is 117 cm³/mol. The number of hydrogen-bond donors (Lipinski definition) is 3. The fourth-order valence-electron chi connectivity index (χ4n) is 3.10. The Bertz CT molecular complexity index is 756. The highest BCUT2D eigenvalue weighted by Crippen LogP contribution is 2.22. The Hall–Kier alpha value is -2.83. The van der Waals surface area contributed by atoms with Crippen LogP contribution in [0.2, 0.25) is 0 Å². The number of allylic oxidation sites excluding steroid dienone is 1. The standard InChI is InChI=1S/C23H33N3O4/c1-23(2,3)30-22(29)24-14-13-20(27)25-16-18-9-11-19(12-10-18)26-21(28)15-17-7-5-4-6-8-17/h9-12,15H,4-8,13-14,16H2,1-3H3,(H,24,29)(H,25,27)(H,26,28). The molecule has 1 aliphatic carbocycles. The van der Waals surface area contributed by atoms with Gasteiger partial charge in [-0.3, -0.25) is 9.59 Å². The third-order valence-corrected chi connectivity index (χ3v) is 4.56. The highest BCUT2D eigenvalue weighted by Gasteiger charge is 2.15. The van der Waals surface area contributed by atoms with E-state index in [0.29, 0.717) is 6.54 Å². The summed E-state index contributed by atoms with van der Waals surface area (Å²) >= 11 is 0. The molecular weight excluding hydrogens is 382 g/mol. The van der Waals surface area contributed by atoms with E-state index in [0.717, 1.165) is 36.9 Å². The quantitative estimate of drug-likeness (QED) is 0.586. The van der Waals surface area contributed by atoms with Crippen molar-refractivity contribution in [3.63, 3.8) is 0 Å². The highest BCUT2D eigenvalue weighted by molar-refractivity contribution is 5.99. The lowest BCUT2D eigenvalue weighted by Gasteiger charge is -2.19. The van der Waals surface area contributed by atoms with Crippen LogP contribution >= 0.6 is 0 Å². The summed E-state index contributed by atoms with van der Waals surface area (Å²) in [6.45, 7) is 5.93. The molecule has 7 nitrogen and oxygen atoms in total. The molecule has 0 aliphatic heterocycles. The maximum atomic E-state index is 12.1. The number of benzene rings is 1. The topological polar surface area (TPSA) is 96.5 Å². The van der Waals surface area contributed by atoms with Gasteiger partial charge < -0.3 is 20.7 Å². The van der Waals surface area contributed by atoms with Gasteiger partial charge in [0.15, 0.2) is 0 Å². The Morgan fingerprint density at radius 3 is 2.30 bits per heavy atom. The molecule has 2 rings (SSSR count). The Morgan fingerprint density at radius 1 is 1.00 bits per heavy atom. The second-order valence-corrected chi connectivity index (χ2v) is 8.50. The monoisotopic (exact) mass is 415 g/mol. The number of rotatable bonds is 7. The first-order chi connectivity index (χ1) is 14.2. The molecule has 1 fully saturated rings. The van der Waals surface area contributed by atoms with Gasteiger partial charge in [0.2, 0.25) is 11.8 Å². The van der Waals surface area contributed by atoms with Crippen LogP contribution in [0.4, 0.5) is 10.5 Å². The summed E-state index contributed by atoms with van der Waals surface area (Å²) in [6.07, 6.45) is 6.95. The summed E-state index contributed by atoms with van der Waals surface area (Å²) < 4.78 is 5.11. The molecule has 3 amide bonds. The van der Waals surface area contributed by atoms with Crippen LogP contribution in [-0.4, -0.2) is 30.1 Å². The molecule has 1 saturated carbocycles. The zero-order valence-electron chi connectivity index (χ0n) is 18.2. The number of carbonyl (C=O) groups excluding carboxylic acids is 3. The Kier molecular flexibility index (Phi) is 8.89. The van der Waals surface area contributed by atoms with E-state index in [1.54, 1.807) is 26.8 Å². The first-order valence-electron chi connectivity index (χ1n) is 10.5. The van der Waals surface area contributed by atoms with Gasteiger partial charge in [-0.2, -0.15) is 0 Å². The summed E-state index contributed by atoms with van der Waals surface area (Å²) in [5.74, 6) is -0.256. The molecule has 0 aromatic heterocycles. The van der Waals surface area contributed by atoms with Crippen molar-refractivity contribution in [2.45, 2.75) is 71.4 Å². The average Bonchev–Trinajstić information content (AvgIpc) is 2.67. The zero-order chi connectivity index (χ0) is 22.0. The lowest BCUT2D eigenvalue weighted by atomic mass is 9.94. The summed E-state index contributed by atoms with van der Waals surface area (Å²) in [7, 11) is 0. The number of amides is 3. The number of alkyl carbamates (subject to hydrolysis) is 1. The fraction of sp³-hybridized carbons (Fsp3) is 0.522. The minimum atomic E-state index is -0.565. The minimum absolute atomic E-state index is 0.0922. The van der Waals surface area contributed by atoms with Crippen LogP contribution in [0.1, 0.15) is 64.9 Å². The van der Waals surface area contributed by atoms with Gasteiger partial charge in [-0.1, -0.05) is 24.1 Å². The summed E-state index contributed by atoms with van der Waals surface area (Å²) in [5, 5.41) is 8.24. The maximum absolute atomic E-state index is 12.1. The van der Waals surface area contributed by atoms with Crippen molar-refractivity contribution in [1.29, 1.82) is 0 Å². The van der Waals surface area contributed by atoms with Crippen molar-refractivity contribution in [3.05, 3.63) is 41.5 Å². The second-order valence-electron chi connectivity index (χ2n) is 8.50. The smallest absolute Gasteiger partial charge is 0.407 e. The highest BCUT2D eigenvalue weighted by atomic mass is 16.6. The summed E-state index contributed by atoms with van der Waals surface area (Å²) in [6, 6.07) is 7.37. The molecule has 7 heteroatoms. The largest absolute Gasteiger partial charge is 0.444 e. The summed E-state index contributed by atoms with van der Waals surface area (Å²) in [4.78, 5) is 35.6. The van der Waals surface area contributed by atoms with E-state index in [-0.39, 0.29) is 24.8 Å². The van der Waals surface area contributed by atoms with Crippen molar-refractivity contribution in [2.24, 2.45) is 0 Å². The maximum Gasteiger partial charge on any atom is 0.407 e. The Morgan fingerprint density at radius 2 is 1.67 bits per heavy atom. The van der Waals surface area contributed by atoms with Crippen molar-refractivity contribution in [2.75, 3.05) is 11.9 Å². The lowest BCUT2D eigenvalue weighted by Crippen LogP contribution is -2.35. The van der Waals surface area contributed by atoms with Gasteiger partial charge in [-0.15, -0.1) is 0 Å². The molecule has 1 aliphatic rings. The SMILES string of the molecule is CC(C)(C)OC(=O)NCCC(=O)NCc1ccc(NC(=O)C=C2CCCCC2)cc1. The van der Waals surface area contributed by atoms with Crippen molar-refractivity contribution < 1.29 is 19.1 Å².